The van der Waals surface area contributed by atoms with Gasteiger partial charge in [0.1, 0.15) is 11.3 Å². The first-order valence-electron chi connectivity index (χ1n) is 16.1. The molecule has 2 aromatic heterocycles. The van der Waals surface area contributed by atoms with Crippen molar-refractivity contribution >= 4 is 49.6 Å². The quantitative estimate of drug-likeness (QED) is 0.192. The number of benzene rings is 6. The lowest BCUT2D eigenvalue weighted by atomic mass is 9.92. The molecular weight excluding hydrogens is 560 g/mol. The molecule has 0 unspecified atom stereocenters. The summed E-state index contributed by atoms with van der Waals surface area (Å²) >= 11 is 0. The van der Waals surface area contributed by atoms with E-state index >= 15 is 0 Å². The number of aryl methyl sites for hydroxylation is 4. The molecule has 3 nitrogen and oxygen atoms in total. The van der Waals surface area contributed by atoms with Crippen LogP contribution in [0.4, 0.5) is 0 Å². The molecule has 0 aliphatic heterocycles. The van der Waals surface area contributed by atoms with Gasteiger partial charge >= 0.3 is 0 Å². The number of fused-ring (bicyclic) bond motifs is 9. The maximum absolute atomic E-state index is 6.49. The molecule has 0 spiro atoms. The van der Waals surface area contributed by atoms with E-state index in [-0.39, 0.29) is 0 Å². The normalized spacial score (nSPS) is 12.8. The Morgan fingerprint density at radius 3 is 1.91 bits per heavy atom. The number of rotatable bonds is 3. The highest BCUT2D eigenvalue weighted by molar-refractivity contribution is 6.23. The van der Waals surface area contributed by atoms with Crippen molar-refractivity contribution in [3.63, 3.8) is 0 Å². The molecule has 3 heteroatoms. The largest absolute Gasteiger partial charge is 0.456 e. The maximum Gasteiger partial charge on any atom is 0.142 e. The van der Waals surface area contributed by atoms with Gasteiger partial charge in [0.05, 0.1) is 22.4 Å². The minimum absolute atomic E-state index is 0.888. The highest BCUT2D eigenvalue weighted by Gasteiger charge is 2.22. The zero-order chi connectivity index (χ0) is 30.9. The molecule has 8 aromatic rings. The Morgan fingerprint density at radius 1 is 0.587 bits per heavy atom. The summed E-state index contributed by atoms with van der Waals surface area (Å²) < 4.78 is 6.49. The third-order valence-corrected chi connectivity index (χ3v) is 9.59. The summed E-state index contributed by atoms with van der Waals surface area (Å²) in [6, 6.07) is 36.9. The van der Waals surface area contributed by atoms with Gasteiger partial charge in [-0.1, -0.05) is 109 Å². The molecule has 0 N–H and O–H groups in total. The average Bonchev–Trinajstić information content (AvgIpc) is 3.47. The van der Waals surface area contributed by atoms with E-state index in [0.29, 0.717) is 0 Å². The van der Waals surface area contributed by atoms with E-state index in [1.54, 1.807) is 0 Å². The molecule has 0 atom stereocenters. The number of para-hydroxylation sites is 1. The average molecular weight is 593 g/mol. The van der Waals surface area contributed by atoms with Crippen molar-refractivity contribution in [2.75, 3.05) is 0 Å². The van der Waals surface area contributed by atoms with Crippen molar-refractivity contribution in [1.29, 1.82) is 0 Å². The minimum Gasteiger partial charge on any atom is -0.456 e. The van der Waals surface area contributed by atoms with Crippen molar-refractivity contribution < 1.29 is 4.42 Å². The Morgan fingerprint density at radius 2 is 1.20 bits per heavy atom. The van der Waals surface area contributed by atoms with Gasteiger partial charge in [-0.15, -0.1) is 0 Å². The van der Waals surface area contributed by atoms with E-state index in [0.717, 1.165) is 79.6 Å². The molecule has 0 bridgehead atoms. The van der Waals surface area contributed by atoms with Gasteiger partial charge in [0.25, 0.3) is 0 Å². The van der Waals surface area contributed by atoms with Gasteiger partial charge in [0, 0.05) is 38.4 Å². The van der Waals surface area contributed by atoms with E-state index in [1.807, 2.05) is 0 Å². The van der Waals surface area contributed by atoms with Crippen molar-refractivity contribution in [3.8, 4) is 33.6 Å². The molecule has 1 aliphatic carbocycles. The zero-order valence-electron chi connectivity index (χ0n) is 26.2. The fraction of sp³-hybridized carbons (Fsp3) is 0.116. The van der Waals surface area contributed by atoms with E-state index < -0.39 is 0 Å². The van der Waals surface area contributed by atoms with Crippen LogP contribution >= 0.6 is 0 Å². The van der Waals surface area contributed by atoms with Crippen LogP contribution in [0.25, 0.3) is 83.3 Å². The summed E-state index contributed by atoms with van der Waals surface area (Å²) in [4.78, 5) is 11.1. The number of allylic oxidation sites excluding steroid dienone is 1. The second-order valence-corrected chi connectivity index (χ2v) is 12.6. The lowest BCUT2D eigenvalue weighted by Crippen LogP contribution is -2.00. The number of nitrogens with zero attached hydrogens (tertiary/aromatic N) is 2. The molecule has 0 saturated heterocycles. The second-order valence-electron chi connectivity index (χ2n) is 12.6. The second kappa shape index (κ2) is 10.3. The summed E-state index contributed by atoms with van der Waals surface area (Å²) in [5.74, 6) is 0.983. The zero-order valence-corrected chi connectivity index (χ0v) is 26.2. The minimum atomic E-state index is 0.888. The van der Waals surface area contributed by atoms with Gasteiger partial charge in [-0.3, -0.25) is 0 Å². The molecule has 1 aliphatic rings. The predicted molar refractivity (Wildman–Crippen MR) is 192 cm³/mol. The third-order valence-electron chi connectivity index (χ3n) is 9.59. The number of hydrogen-bond acceptors (Lipinski definition) is 3. The Balaban J connectivity index is 1.36. The number of hydrogen-bond donors (Lipinski definition) is 0. The van der Waals surface area contributed by atoms with Gasteiger partial charge in [0.15, 0.2) is 0 Å². The van der Waals surface area contributed by atoms with E-state index in [2.05, 4.69) is 136 Å². The molecule has 0 saturated carbocycles. The first kappa shape index (κ1) is 26.8. The maximum atomic E-state index is 6.49. The van der Waals surface area contributed by atoms with Crippen molar-refractivity contribution in [1.82, 2.24) is 9.97 Å². The Bertz CT molecular complexity index is 2550. The van der Waals surface area contributed by atoms with Crippen LogP contribution in [0.3, 0.4) is 0 Å². The summed E-state index contributed by atoms with van der Waals surface area (Å²) in [6.07, 6.45) is 6.38. The lowest BCUT2D eigenvalue weighted by molar-refractivity contribution is 0.596. The molecule has 6 aromatic carbocycles. The summed E-state index contributed by atoms with van der Waals surface area (Å²) in [7, 11) is 0. The fourth-order valence-corrected chi connectivity index (χ4v) is 7.65. The van der Waals surface area contributed by atoms with Crippen LogP contribution in [-0.2, 0) is 6.42 Å². The monoisotopic (exact) mass is 592 g/mol. The van der Waals surface area contributed by atoms with Crippen molar-refractivity contribution in [2.45, 2.75) is 33.6 Å². The lowest BCUT2D eigenvalue weighted by Gasteiger charge is -2.18. The van der Waals surface area contributed by atoms with Crippen LogP contribution in [0, 0.1) is 20.8 Å². The highest BCUT2D eigenvalue weighted by Crippen LogP contribution is 2.42. The van der Waals surface area contributed by atoms with E-state index in [1.165, 1.54) is 38.4 Å². The first-order valence-corrected chi connectivity index (χ1v) is 16.1. The molecule has 0 amide bonds. The van der Waals surface area contributed by atoms with Crippen LogP contribution < -0.4 is 0 Å². The van der Waals surface area contributed by atoms with Crippen LogP contribution in [0.15, 0.2) is 114 Å². The Labute approximate surface area is 267 Å². The van der Waals surface area contributed by atoms with E-state index in [9.17, 15) is 0 Å². The highest BCUT2D eigenvalue weighted by atomic mass is 16.3. The van der Waals surface area contributed by atoms with Crippen LogP contribution in [-0.4, -0.2) is 9.97 Å². The van der Waals surface area contributed by atoms with Gasteiger partial charge in [-0.05, 0) is 73.2 Å². The van der Waals surface area contributed by atoms with Gasteiger partial charge in [0.2, 0.25) is 0 Å². The van der Waals surface area contributed by atoms with Gasteiger partial charge < -0.3 is 4.42 Å². The predicted octanol–water partition coefficient (Wildman–Crippen LogP) is 11.6. The van der Waals surface area contributed by atoms with Crippen LogP contribution in [0.2, 0.25) is 0 Å². The smallest absolute Gasteiger partial charge is 0.142 e. The Kier molecular flexibility index (Phi) is 5.98. The topological polar surface area (TPSA) is 38.9 Å². The molecule has 0 radical (unpaired) electrons. The molecule has 0 fully saturated rings. The van der Waals surface area contributed by atoms with Crippen molar-refractivity contribution in [2.24, 2.45) is 0 Å². The SMILES string of the molecule is Cc1cc(C)c(-c2nc3c4ccccc4c4ccccc4c3nc2-c2cccc(-c3cccc4c5c(oc34)C=CCC5)c2)c(C)c1. The fourth-order valence-electron chi connectivity index (χ4n) is 7.65. The van der Waals surface area contributed by atoms with E-state index in [4.69, 9.17) is 14.4 Å². The number of aromatic nitrogens is 2. The summed E-state index contributed by atoms with van der Waals surface area (Å²) in [5.41, 5.74) is 13.9. The van der Waals surface area contributed by atoms with Gasteiger partial charge in [-0.25, -0.2) is 9.97 Å². The standard InChI is InChI=1S/C43H32N2O/c1-25-22-26(2)38(27(3)23-25)42-39(44-40-34-17-6-4-14-31(34)32-15-5-7-18-35(32)41(40)45-42)29-13-10-12-28(24-29)30-19-11-20-36-33-16-8-9-21-37(33)46-43(30)36/h4-7,9-15,17-24H,8,16H2,1-3H3. The molecule has 46 heavy (non-hydrogen) atoms. The molecular formula is C43H32N2O. The van der Waals surface area contributed by atoms with Gasteiger partial charge in [-0.2, -0.15) is 0 Å². The summed E-state index contributed by atoms with van der Waals surface area (Å²) in [5, 5.41) is 5.83. The van der Waals surface area contributed by atoms with Crippen LogP contribution in [0.5, 0.6) is 0 Å². The number of furan rings is 1. The Hall–Kier alpha value is -5.54. The molecule has 220 valence electrons. The molecule has 9 rings (SSSR count). The van der Waals surface area contributed by atoms with Crippen molar-refractivity contribution in [3.05, 3.63) is 137 Å². The third kappa shape index (κ3) is 4.05. The van der Waals surface area contributed by atoms with Crippen LogP contribution in [0.1, 0.15) is 34.4 Å². The first-order chi connectivity index (χ1) is 22.5. The molecule has 2 heterocycles. The summed E-state index contributed by atoms with van der Waals surface area (Å²) in [6.45, 7) is 6.53.